The molecule has 0 aliphatic carbocycles. The van der Waals surface area contributed by atoms with E-state index in [4.69, 9.17) is 15.2 Å². The Labute approximate surface area is 117 Å². The van der Waals surface area contributed by atoms with Crippen LogP contribution in [0.25, 0.3) is 5.69 Å². The molecule has 0 amide bonds. The minimum atomic E-state index is -0.470. The Kier molecular flexibility index (Phi) is 3.93. The standard InChI is InChI=1S/C14H17N3O3/c1-4-20-14(18)11-8-16-17(13(11)15)12-6-5-10(19-3)7-9(12)2/h5-8H,4,15H2,1-3H3. The number of hydrogen-bond donors (Lipinski definition) is 1. The summed E-state index contributed by atoms with van der Waals surface area (Å²) in [5, 5.41) is 4.16. The summed E-state index contributed by atoms with van der Waals surface area (Å²) in [4.78, 5) is 11.7. The molecule has 0 fully saturated rings. The van der Waals surface area contributed by atoms with Crippen molar-refractivity contribution in [2.45, 2.75) is 13.8 Å². The number of carbonyl (C=O) groups excluding carboxylic acids is 1. The molecule has 0 unspecified atom stereocenters. The summed E-state index contributed by atoms with van der Waals surface area (Å²) >= 11 is 0. The van der Waals surface area contributed by atoms with Gasteiger partial charge in [0.25, 0.3) is 0 Å². The Morgan fingerprint density at radius 3 is 2.80 bits per heavy atom. The van der Waals surface area contributed by atoms with Gasteiger partial charge in [0.15, 0.2) is 0 Å². The van der Waals surface area contributed by atoms with E-state index in [0.29, 0.717) is 6.61 Å². The number of nitrogen functional groups attached to an aromatic ring is 1. The second-order valence-electron chi connectivity index (χ2n) is 4.23. The largest absolute Gasteiger partial charge is 0.497 e. The van der Waals surface area contributed by atoms with Crippen LogP contribution < -0.4 is 10.5 Å². The van der Waals surface area contributed by atoms with E-state index < -0.39 is 5.97 Å². The zero-order valence-electron chi connectivity index (χ0n) is 11.7. The summed E-state index contributed by atoms with van der Waals surface area (Å²) in [7, 11) is 1.61. The number of hydrogen-bond acceptors (Lipinski definition) is 5. The lowest BCUT2D eigenvalue weighted by Gasteiger charge is -2.10. The van der Waals surface area contributed by atoms with E-state index in [-0.39, 0.29) is 11.4 Å². The maximum Gasteiger partial charge on any atom is 0.343 e. The van der Waals surface area contributed by atoms with Gasteiger partial charge in [-0.25, -0.2) is 9.48 Å². The number of aryl methyl sites for hydroxylation is 1. The normalized spacial score (nSPS) is 10.3. The highest BCUT2D eigenvalue weighted by Crippen LogP contribution is 2.24. The molecular weight excluding hydrogens is 258 g/mol. The minimum absolute atomic E-state index is 0.261. The molecule has 1 aromatic heterocycles. The molecule has 106 valence electrons. The number of ether oxygens (including phenoxy) is 2. The smallest absolute Gasteiger partial charge is 0.343 e. The topological polar surface area (TPSA) is 79.4 Å². The molecule has 6 nitrogen and oxygen atoms in total. The van der Waals surface area contributed by atoms with E-state index in [1.54, 1.807) is 14.0 Å². The molecule has 1 heterocycles. The number of aromatic nitrogens is 2. The summed E-state index contributed by atoms with van der Waals surface area (Å²) < 4.78 is 11.6. The van der Waals surface area contributed by atoms with Crippen molar-refractivity contribution >= 4 is 11.8 Å². The van der Waals surface area contributed by atoms with E-state index in [9.17, 15) is 4.79 Å². The van der Waals surface area contributed by atoms with E-state index >= 15 is 0 Å². The predicted octanol–water partition coefficient (Wildman–Crippen LogP) is 1.95. The summed E-state index contributed by atoms with van der Waals surface area (Å²) in [5.41, 5.74) is 7.97. The van der Waals surface area contributed by atoms with Gasteiger partial charge in [0.05, 0.1) is 25.6 Å². The van der Waals surface area contributed by atoms with Crippen molar-refractivity contribution in [3.05, 3.63) is 35.5 Å². The number of methoxy groups -OCH3 is 1. The van der Waals surface area contributed by atoms with Crippen molar-refractivity contribution in [3.8, 4) is 11.4 Å². The van der Waals surface area contributed by atoms with E-state index in [2.05, 4.69) is 5.10 Å². The van der Waals surface area contributed by atoms with Crippen molar-refractivity contribution in [3.63, 3.8) is 0 Å². The molecule has 0 spiro atoms. The van der Waals surface area contributed by atoms with Crippen molar-refractivity contribution in [2.75, 3.05) is 19.5 Å². The Morgan fingerprint density at radius 2 is 2.20 bits per heavy atom. The van der Waals surface area contributed by atoms with Gasteiger partial charge in [-0.05, 0) is 37.6 Å². The lowest BCUT2D eigenvalue weighted by atomic mass is 10.2. The molecule has 0 radical (unpaired) electrons. The van der Waals surface area contributed by atoms with Crippen LogP contribution in [-0.4, -0.2) is 29.5 Å². The molecule has 2 aromatic rings. The van der Waals surface area contributed by atoms with Crippen LogP contribution in [0, 0.1) is 6.92 Å². The Bertz CT molecular complexity index is 635. The number of esters is 1. The van der Waals surface area contributed by atoms with Gasteiger partial charge in [0.1, 0.15) is 17.1 Å². The molecule has 0 saturated carbocycles. The average Bonchev–Trinajstić information content (AvgIpc) is 2.80. The number of nitrogens with two attached hydrogens (primary N) is 1. The first-order chi connectivity index (χ1) is 9.58. The second kappa shape index (κ2) is 5.64. The van der Waals surface area contributed by atoms with Gasteiger partial charge in [-0.15, -0.1) is 0 Å². The van der Waals surface area contributed by atoms with Crippen LogP contribution in [0.4, 0.5) is 5.82 Å². The molecule has 0 aliphatic heterocycles. The summed E-state index contributed by atoms with van der Waals surface area (Å²) in [5.74, 6) is 0.543. The highest BCUT2D eigenvalue weighted by molar-refractivity contribution is 5.94. The molecule has 20 heavy (non-hydrogen) atoms. The van der Waals surface area contributed by atoms with Gasteiger partial charge >= 0.3 is 5.97 Å². The van der Waals surface area contributed by atoms with Gasteiger partial charge in [0, 0.05) is 0 Å². The first-order valence-corrected chi connectivity index (χ1v) is 6.24. The van der Waals surface area contributed by atoms with Crippen LogP contribution in [0.3, 0.4) is 0 Å². The quantitative estimate of drug-likeness (QED) is 0.863. The van der Waals surface area contributed by atoms with Crippen molar-refractivity contribution in [1.29, 1.82) is 0 Å². The predicted molar refractivity (Wildman–Crippen MR) is 75.2 cm³/mol. The van der Waals surface area contributed by atoms with Crippen molar-refractivity contribution in [2.24, 2.45) is 0 Å². The Hall–Kier alpha value is -2.50. The zero-order valence-corrected chi connectivity index (χ0v) is 11.7. The number of benzene rings is 1. The monoisotopic (exact) mass is 275 g/mol. The third-order valence-corrected chi connectivity index (χ3v) is 2.93. The molecule has 2 rings (SSSR count). The SMILES string of the molecule is CCOC(=O)c1cnn(-c2ccc(OC)cc2C)c1N. The van der Waals surface area contributed by atoms with Crippen LogP contribution in [-0.2, 0) is 4.74 Å². The molecule has 0 bridgehead atoms. The van der Waals surface area contributed by atoms with Gasteiger partial charge < -0.3 is 15.2 Å². The van der Waals surface area contributed by atoms with E-state index in [1.807, 2.05) is 25.1 Å². The van der Waals surface area contributed by atoms with Crippen LogP contribution in [0.1, 0.15) is 22.8 Å². The average molecular weight is 275 g/mol. The molecule has 1 aromatic carbocycles. The number of nitrogens with zero attached hydrogens (tertiary/aromatic N) is 2. The summed E-state index contributed by atoms with van der Waals surface area (Å²) in [6.07, 6.45) is 1.41. The van der Waals surface area contributed by atoms with Crippen molar-refractivity contribution in [1.82, 2.24) is 9.78 Å². The number of rotatable bonds is 4. The molecular formula is C14H17N3O3. The Balaban J connectivity index is 2.42. The van der Waals surface area contributed by atoms with E-state index in [1.165, 1.54) is 10.9 Å². The molecule has 6 heteroatoms. The van der Waals surface area contributed by atoms with Crippen LogP contribution >= 0.6 is 0 Å². The molecule has 2 N–H and O–H groups in total. The van der Waals surface area contributed by atoms with Crippen LogP contribution in [0.5, 0.6) is 5.75 Å². The maximum absolute atomic E-state index is 11.7. The van der Waals surface area contributed by atoms with Gasteiger partial charge in [0.2, 0.25) is 0 Å². The second-order valence-corrected chi connectivity index (χ2v) is 4.23. The molecule has 0 saturated heterocycles. The minimum Gasteiger partial charge on any atom is -0.497 e. The fourth-order valence-corrected chi connectivity index (χ4v) is 1.91. The lowest BCUT2D eigenvalue weighted by molar-refractivity contribution is 0.0527. The third-order valence-electron chi connectivity index (χ3n) is 2.93. The van der Waals surface area contributed by atoms with Crippen molar-refractivity contribution < 1.29 is 14.3 Å². The first-order valence-electron chi connectivity index (χ1n) is 6.24. The fourth-order valence-electron chi connectivity index (χ4n) is 1.91. The zero-order chi connectivity index (χ0) is 14.7. The van der Waals surface area contributed by atoms with Gasteiger partial charge in [-0.3, -0.25) is 0 Å². The molecule has 0 atom stereocenters. The number of carbonyl (C=O) groups is 1. The van der Waals surface area contributed by atoms with Gasteiger partial charge in [-0.2, -0.15) is 5.10 Å². The Morgan fingerprint density at radius 1 is 1.45 bits per heavy atom. The summed E-state index contributed by atoms with van der Waals surface area (Å²) in [6, 6.07) is 5.53. The lowest BCUT2D eigenvalue weighted by Crippen LogP contribution is -2.09. The van der Waals surface area contributed by atoms with Crippen LogP contribution in [0.15, 0.2) is 24.4 Å². The fraction of sp³-hybridized carbons (Fsp3) is 0.286. The molecule has 0 aliphatic rings. The maximum atomic E-state index is 11.7. The number of anilines is 1. The first kappa shape index (κ1) is 13.9. The highest BCUT2D eigenvalue weighted by atomic mass is 16.5. The van der Waals surface area contributed by atoms with E-state index in [0.717, 1.165) is 17.0 Å². The highest BCUT2D eigenvalue weighted by Gasteiger charge is 2.17. The summed E-state index contributed by atoms with van der Waals surface area (Å²) in [6.45, 7) is 3.96. The van der Waals surface area contributed by atoms with Gasteiger partial charge in [-0.1, -0.05) is 0 Å². The third kappa shape index (κ3) is 2.45. The van der Waals surface area contributed by atoms with Crippen LogP contribution in [0.2, 0.25) is 0 Å².